The number of likely N-dealkylation sites (tertiary alicyclic amines) is 1. The Morgan fingerprint density at radius 1 is 1.35 bits per heavy atom. The second kappa shape index (κ2) is 9.60. The minimum Gasteiger partial charge on any atom is -0.381 e. The van der Waals surface area contributed by atoms with Gasteiger partial charge >= 0.3 is 0 Å². The number of rotatable bonds is 8. The summed E-state index contributed by atoms with van der Waals surface area (Å²) in [5.41, 5.74) is 0. The highest BCUT2D eigenvalue weighted by atomic mass is 16.5. The van der Waals surface area contributed by atoms with Crippen molar-refractivity contribution in [2.24, 2.45) is 5.92 Å². The molecular weight excluding hydrogens is 292 g/mol. The van der Waals surface area contributed by atoms with Gasteiger partial charge in [0.2, 0.25) is 0 Å². The molecule has 2 saturated heterocycles. The molecule has 5 heteroatoms. The van der Waals surface area contributed by atoms with Gasteiger partial charge in [0.05, 0.1) is 6.61 Å². The molecule has 0 unspecified atom stereocenters. The molecule has 0 saturated carbocycles. The lowest BCUT2D eigenvalue weighted by Crippen LogP contribution is -2.49. The molecule has 0 bridgehead atoms. The maximum Gasteiger partial charge on any atom is 0.251 e. The number of piperidine rings is 1. The SMILES string of the molecule is CCCCO[C@@H](C)C(=O)N(C)C1CCN(C[C@H]2CCOC2)CC1. The van der Waals surface area contributed by atoms with Crippen LogP contribution in [0.15, 0.2) is 0 Å². The zero-order chi connectivity index (χ0) is 16.7. The number of hydrogen-bond acceptors (Lipinski definition) is 4. The lowest BCUT2D eigenvalue weighted by atomic mass is 10.0. The third-order valence-corrected chi connectivity index (χ3v) is 5.21. The standard InChI is InChI=1S/C18H34N2O3/c1-4-5-11-23-15(2)18(21)19(3)17-6-9-20(10-7-17)13-16-8-12-22-14-16/h15-17H,4-14H2,1-3H3/t15-,16+/m0/s1. The van der Waals surface area contributed by atoms with Crippen LogP contribution in [-0.4, -0.2) is 74.4 Å². The maximum atomic E-state index is 12.5. The van der Waals surface area contributed by atoms with E-state index >= 15 is 0 Å². The molecule has 23 heavy (non-hydrogen) atoms. The third-order valence-electron chi connectivity index (χ3n) is 5.21. The first-order valence-corrected chi connectivity index (χ1v) is 9.30. The van der Waals surface area contributed by atoms with Gasteiger partial charge in [-0.05, 0) is 38.5 Å². The minimum atomic E-state index is -0.319. The molecule has 2 atom stereocenters. The molecular formula is C18H34N2O3. The minimum absolute atomic E-state index is 0.128. The van der Waals surface area contributed by atoms with E-state index in [1.165, 1.54) is 6.42 Å². The van der Waals surface area contributed by atoms with Crippen molar-refractivity contribution in [3.63, 3.8) is 0 Å². The van der Waals surface area contributed by atoms with Gasteiger partial charge in [0.1, 0.15) is 6.10 Å². The van der Waals surface area contributed by atoms with Crippen LogP contribution in [0, 0.1) is 5.92 Å². The van der Waals surface area contributed by atoms with Gasteiger partial charge in [-0.3, -0.25) is 4.79 Å². The topological polar surface area (TPSA) is 42.0 Å². The second-order valence-corrected chi connectivity index (χ2v) is 7.08. The molecule has 0 aromatic carbocycles. The zero-order valence-electron chi connectivity index (χ0n) is 15.1. The van der Waals surface area contributed by atoms with Crippen LogP contribution in [-0.2, 0) is 14.3 Å². The van der Waals surface area contributed by atoms with E-state index in [0.29, 0.717) is 18.6 Å². The summed E-state index contributed by atoms with van der Waals surface area (Å²) in [7, 11) is 1.94. The van der Waals surface area contributed by atoms with Crippen molar-refractivity contribution < 1.29 is 14.3 Å². The average Bonchev–Trinajstić information content (AvgIpc) is 3.07. The highest BCUT2D eigenvalue weighted by Gasteiger charge is 2.29. The van der Waals surface area contributed by atoms with Crippen LogP contribution in [0.25, 0.3) is 0 Å². The van der Waals surface area contributed by atoms with E-state index in [4.69, 9.17) is 9.47 Å². The predicted molar refractivity (Wildman–Crippen MR) is 91.5 cm³/mol. The molecule has 5 nitrogen and oxygen atoms in total. The zero-order valence-corrected chi connectivity index (χ0v) is 15.1. The third kappa shape index (κ3) is 5.73. The predicted octanol–water partition coefficient (Wildman–Crippen LogP) is 2.15. The first kappa shape index (κ1) is 18.7. The molecule has 0 N–H and O–H groups in total. The average molecular weight is 326 g/mol. The van der Waals surface area contributed by atoms with Gasteiger partial charge in [-0.15, -0.1) is 0 Å². The number of ether oxygens (including phenoxy) is 2. The molecule has 0 aliphatic carbocycles. The lowest BCUT2D eigenvalue weighted by Gasteiger charge is -2.38. The normalized spacial score (nSPS) is 24.7. The van der Waals surface area contributed by atoms with Gasteiger partial charge in [-0.1, -0.05) is 13.3 Å². The Morgan fingerprint density at radius 3 is 2.70 bits per heavy atom. The Kier molecular flexibility index (Phi) is 7.80. The molecule has 0 radical (unpaired) electrons. The van der Waals surface area contributed by atoms with Crippen LogP contribution >= 0.6 is 0 Å². The first-order chi connectivity index (χ1) is 11.1. The number of amides is 1. The monoisotopic (exact) mass is 326 g/mol. The lowest BCUT2D eigenvalue weighted by molar-refractivity contribution is -0.144. The number of likely N-dealkylation sites (N-methyl/N-ethyl adjacent to an activating group) is 1. The molecule has 2 fully saturated rings. The smallest absolute Gasteiger partial charge is 0.251 e. The summed E-state index contributed by atoms with van der Waals surface area (Å²) in [6.07, 6.45) is 5.13. The summed E-state index contributed by atoms with van der Waals surface area (Å²) in [5.74, 6) is 0.835. The quantitative estimate of drug-likeness (QED) is 0.641. The van der Waals surface area contributed by atoms with Crippen molar-refractivity contribution in [2.45, 2.75) is 58.1 Å². The largest absolute Gasteiger partial charge is 0.381 e. The van der Waals surface area contributed by atoms with E-state index in [1.54, 1.807) is 0 Å². The molecule has 2 rings (SSSR count). The second-order valence-electron chi connectivity index (χ2n) is 7.08. The van der Waals surface area contributed by atoms with Crippen LogP contribution in [0.5, 0.6) is 0 Å². The number of unbranched alkanes of at least 4 members (excludes halogenated alkanes) is 1. The number of carbonyl (C=O) groups excluding carboxylic acids is 1. The van der Waals surface area contributed by atoms with Crippen LogP contribution in [0.2, 0.25) is 0 Å². The van der Waals surface area contributed by atoms with Crippen molar-refractivity contribution in [2.75, 3.05) is 46.5 Å². The van der Waals surface area contributed by atoms with Crippen molar-refractivity contribution in [3.05, 3.63) is 0 Å². The summed E-state index contributed by atoms with van der Waals surface area (Å²) < 4.78 is 11.1. The summed E-state index contributed by atoms with van der Waals surface area (Å²) in [6.45, 7) is 9.87. The van der Waals surface area contributed by atoms with Gasteiger partial charge in [0.15, 0.2) is 0 Å². The van der Waals surface area contributed by atoms with Gasteiger partial charge in [0, 0.05) is 45.9 Å². The van der Waals surface area contributed by atoms with E-state index in [9.17, 15) is 4.79 Å². The van der Waals surface area contributed by atoms with Gasteiger partial charge in [-0.25, -0.2) is 0 Å². The molecule has 2 aliphatic heterocycles. The first-order valence-electron chi connectivity index (χ1n) is 9.30. The molecule has 2 heterocycles. The van der Waals surface area contributed by atoms with Crippen LogP contribution in [0.4, 0.5) is 0 Å². The van der Waals surface area contributed by atoms with Crippen molar-refractivity contribution in [1.29, 1.82) is 0 Å². The van der Waals surface area contributed by atoms with E-state index in [2.05, 4.69) is 11.8 Å². The summed E-state index contributed by atoms with van der Waals surface area (Å²) in [4.78, 5) is 16.9. The summed E-state index contributed by atoms with van der Waals surface area (Å²) in [6, 6.07) is 0.357. The van der Waals surface area contributed by atoms with Crippen molar-refractivity contribution in [1.82, 2.24) is 9.80 Å². The Morgan fingerprint density at radius 2 is 2.09 bits per heavy atom. The molecule has 0 aromatic heterocycles. The Bertz CT molecular complexity index is 350. The molecule has 1 amide bonds. The molecule has 0 spiro atoms. The van der Waals surface area contributed by atoms with Gasteiger partial charge < -0.3 is 19.3 Å². The Labute approximate surface area is 141 Å². The molecule has 134 valence electrons. The van der Waals surface area contributed by atoms with E-state index in [1.807, 2.05) is 18.9 Å². The Hall–Kier alpha value is -0.650. The van der Waals surface area contributed by atoms with E-state index in [0.717, 1.165) is 58.5 Å². The number of carbonyl (C=O) groups is 1. The van der Waals surface area contributed by atoms with Crippen molar-refractivity contribution >= 4 is 5.91 Å². The number of hydrogen-bond donors (Lipinski definition) is 0. The maximum absolute atomic E-state index is 12.5. The van der Waals surface area contributed by atoms with Gasteiger partial charge in [0.25, 0.3) is 5.91 Å². The van der Waals surface area contributed by atoms with Crippen LogP contribution in [0.3, 0.4) is 0 Å². The van der Waals surface area contributed by atoms with Crippen LogP contribution < -0.4 is 0 Å². The van der Waals surface area contributed by atoms with Crippen LogP contribution in [0.1, 0.15) is 46.0 Å². The molecule has 2 aliphatic rings. The summed E-state index contributed by atoms with van der Waals surface area (Å²) >= 11 is 0. The fourth-order valence-corrected chi connectivity index (χ4v) is 3.52. The fraction of sp³-hybridized carbons (Fsp3) is 0.944. The highest BCUT2D eigenvalue weighted by molar-refractivity contribution is 5.80. The van der Waals surface area contributed by atoms with Crippen molar-refractivity contribution in [3.8, 4) is 0 Å². The Balaban J connectivity index is 1.69. The van der Waals surface area contributed by atoms with E-state index < -0.39 is 0 Å². The molecule has 0 aromatic rings. The highest BCUT2D eigenvalue weighted by Crippen LogP contribution is 2.20. The number of nitrogens with zero attached hydrogens (tertiary/aromatic N) is 2. The summed E-state index contributed by atoms with van der Waals surface area (Å²) in [5, 5.41) is 0. The van der Waals surface area contributed by atoms with E-state index in [-0.39, 0.29) is 12.0 Å². The van der Waals surface area contributed by atoms with Gasteiger partial charge in [-0.2, -0.15) is 0 Å². The fourth-order valence-electron chi connectivity index (χ4n) is 3.52.